The van der Waals surface area contributed by atoms with E-state index in [1.807, 2.05) is 0 Å². The Labute approximate surface area is 154 Å². The first kappa shape index (κ1) is 17.3. The van der Waals surface area contributed by atoms with Gasteiger partial charge in [0.15, 0.2) is 5.65 Å². The third-order valence-electron chi connectivity index (χ3n) is 4.46. The van der Waals surface area contributed by atoms with Crippen molar-refractivity contribution in [2.75, 3.05) is 25.1 Å². The molecule has 0 amide bonds. The Morgan fingerprint density at radius 2 is 2.22 bits per heavy atom. The minimum absolute atomic E-state index is 0.156. The van der Waals surface area contributed by atoms with Gasteiger partial charge in [-0.3, -0.25) is 4.39 Å². The van der Waals surface area contributed by atoms with Crippen LogP contribution >= 0.6 is 0 Å². The summed E-state index contributed by atoms with van der Waals surface area (Å²) in [6.45, 7) is 4.31. The van der Waals surface area contributed by atoms with Crippen LogP contribution in [0.2, 0.25) is 0 Å². The molecule has 0 saturated heterocycles. The van der Waals surface area contributed by atoms with Gasteiger partial charge in [-0.2, -0.15) is 5.10 Å². The Morgan fingerprint density at radius 3 is 3.07 bits per heavy atom. The zero-order valence-corrected chi connectivity index (χ0v) is 14.6. The van der Waals surface area contributed by atoms with E-state index < -0.39 is 18.5 Å². The summed E-state index contributed by atoms with van der Waals surface area (Å²) in [5, 5.41) is 10.7. The molecule has 27 heavy (non-hydrogen) atoms. The first-order valence-electron chi connectivity index (χ1n) is 8.68. The fourth-order valence-electron chi connectivity index (χ4n) is 3.14. The second-order valence-corrected chi connectivity index (χ2v) is 6.25. The van der Waals surface area contributed by atoms with Gasteiger partial charge >= 0.3 is 0 Å². The highest BCUT2D eigenvalue weighted by Gasteiger charge is 2.20. The largest absolute Gasteiger partial charge is 0.491 e. The molecular weight excluding hydrogens is 352 g/mol. The van der Waals surface area contributed by atoms with Crippen molar-refractivity contribution in [3.63, 3.8) is 0 Å². The molecule has 0 radical (unpaired) electrons. The van der Waals surface area contributed by atoms with Crippen LogP contribution in [-0.4, -0.2) is 34.4 Å². The van der Waals surface area contributed by atoms with E-state index >= 15 is 0 Å². The number of hydrogen-bond acceptors (Lipinski definition) is 5. The molecule has 4 rings (SSSR count). The average Bonchev–Trinajstić information content (AvgIpc) is 3.08. The van der Waals surface area contributed by atoms with Gasteiger partial charge in [0.05, 0.1) is 24.5 Å². The second-order valence-electron chi connectivity index (χ2n) is 6.25. The Bertz CT molecular complexity index is 987. The lowest BCUT2D eigenvalue weighted by molar-refractivity contribution is 0.314. The van der Waals surface area contributed by atoms with Gasteiger partial charge in [0, 0.05) is 30.4 Å². The van der Waals surface area contributed by atoms with E-state index in [-0.39, 0.29) is 6.42 Å². The quantitative estimate of drug-likeness (QED) is 0.724. The van der Waals surface area contributed by atoms with Crippen molar-refractivity contribution >= 4 is 17.2 Å². The summed E-state index contributed by atoms with van der Waals surface area (Å²) < 4.78 is 34.5. The van der Waals surface area contributed by atoms with Crippen LogP contribution in [0.25, 0.3) is 11.3 Å². The smallest absolute Gasteiger partial charge is 0.166 e. The summed E-state index contributed by atoms with van der Waals surface area (Å²) in [5.74, 6) is 0.642. The van der Waals surface area contributed by atoms with Gasteiger partial charge in [-0.1, -0.05) is 6.58 Å². The van der Waals surface area contributed by atoms with E-state index in [0.29, 0.717) is 41.6 Å². The van der Waals surface area contributed by atoms with Crippen molar-refractivity contribution in [3.8, 4) is 5.75 Å². The topological polar surface area (TPSA) is 63.5 Å². The van der Waals surface area contributed by atoms with Crippen molar-refractivity contribution in [2.24, 2.45) is 0 Å². The molecule has 1 aromatic carbocycles. The summed E-state index contributed by atoms with van der Waals surface area (Å²) in [7, 11) is 0. The molecule has 2 aromatic heterocycles. The Morgan fingerprint density at radius 1 is 1.33 bits per heavy atom. The summed E-state index contributed by atoms with van der Waals surface area (Å²) in [6.07, 6.45) is 3.60. The Hall–Kier alpha value is -3.16. The van der Waals surface area contributed by atoms with E-state index in [4.69, 9.17) is 4.74 Å². The van der Waals surface area contributed by atoms with Crippen LogP contribution in [0.5, 0.6) is 5.75 Å². The number of nitrogens with zero attached hydrogens (tertiary/aromatic N) is 3. The maximum atomic E-state index is 13.9. The van der Waals surface area contributed by atoms with Gasteiger partial charge in [0.25, 0.3) is 0 Å². The number of nitrogens with one attached hydrogen (secondary N) is 2. The lowest BCUT2D eigenvalue weighted by atomic mass is 10.0. The standard InChI is InChI=1S/C19H19F2N5O/c1-12-15-11-23-26-8-5-18(25-19(15)26)24-16(4-6-20)14-10-13(21)2-3-17(14)27-9-7-22-12/h2-3,5,8,10-11,16,22H,1,4,6-7,9H2,(H,24,25)/t16-/m1/s1. The van der Waals surface area contributed by atoms with Crippen LogP contribution in [0.3, 0.4) is 0 Å². The molecule has 140 valence electrons. The number of fused-ring (bicyclic) bond motifs is 2. The molecule has 0 spiro atoms. The molecule has 1 aliphatic heterocycles. The number of anilines is 1. The number of benzene rings is 1. The SMILES string of the molecule is C=C1NCCOc2ccc(F)cc2[C@@H](CCF)Nc2ccn3ncc1c3n2. The monoisotopic (exact) mass is 371 g/mol. The first-order chi connectivity index (χ1) is 13.2. The van der Waals surface area contributed by atoms with E-state index in [9.17, 15) is 8.78 Å². The lowest BCUT2D eigenvalue weighted by Gasteiger charge is -2.21. The van der Waals surface area contributed by atoms with Gasteiger partial charge < -0.3 is 15.4 Å². The van der Waals surface area contributed by atoms with Gasteiger partial charge in [-0.05, 0) is 24.3 Å². The minimum Gasteiger partial charge on any atom is -0.491 e. The van der Waals surface area contributed by atoms with Crippen LogP contribution < -0.4 is 15.4 Å². The van der Waals surface area contributed by atoms with Crippen molar-refractivity contribution in [1.29, 1.82) is 0 Å². The van der Waals surface area contributed by atoms with Crippen LogP contribution in [0.15, 0.2) is 43.2 Å². The normalized spacial score (nSPS) is 17.1. The highest BCUT2D eigenvalue weighted by atomic mass is 19.1. The van der Waals surface area contributed by atoms with Crippen LogP contribution in [0.4, 0.5) is 14.6 Å². The van der Waals surface area contributed by atoms with Crippen LogP contribution in [0, 0.1) is 5.82 Å². The molecule has 0 saturated carbocycles. The predicted molar refractivity (Wildman–Crippen MR) is 98.9 cm³/mol. The molecule has 3 heterocycles. The first-order valence-corrected chi connectivity index (χ1v) is 8.68. The molecule has 2 bridgehead atoms. The number of hydrogen-bond donors (Lipinski definition) is 2. The number of rotatable bonds is 2. The maximum absolute atomic E-state index is 13.9. The third-order valence-corrected chi connectivity index (χ3v) is 4.46. The van der Waals surface area contributed by atoms with E-state index in [0.717, 1.165) is 5.56 Å². The number of halogens is 2. The molecule has 0 aliphatic carbocycles. The van der Waals surface area contributed by atoms with E-state index in [1.54, 1.807) is 29.0 Å². The summed E-state index contributed by atoms with van der Waals surface area (Å²) in [4.78, 5) is 4.59. The highest BCUT2D eigenvalue weighted by Crippen LogP contribution is 2.31. The Kier molecular flexibility index (Phi) is 4.62. The van der Waals surface area contributed by atoms with Crippen LogP contribution in [0.1, 0.15) is 23.6 Å². The molecule has 3 aromatic rings. The fourth-order valence-corrected chi connectivity index (χ4v) is 3.14. The summed E-state index contributed by atoms with van der Waals surface area (Å²) in [5.41, 5.74) is 2.62. The zero-order valence-electron chi connectivity index (χ0n) is 14.6. The van der Waals surface area contributed by atoms with Crippen molar-refractivity contribution in [3.05, 3.63) is 60.2 Å². The molecular formula is C19H19F2N5O. The summed E-state index contributed by atoms with van der Waals surface area (Å²) in [6, 6.07) is 5.52. The Balaban J connectivity index is 1.81. The third kappa shape index (κ3) is 3.42. The molecule has 1 aliphatic rings. The van der Waals surface area contributed by atoms with Crippen molar-refractivity contribution < 1.29 is 13.5 Å². The van der Waals surface area contributed by atoms with E-state index in [2.05, 4.69) is 27.3 Å². The van der Waals surface area contributed by atoms with Gasteiger partial charge in [-0.15, -0.1) is 0 Å². The maximum Gasteiger partial charge on any atom is 0.166 e. The van der Waals surface area contributed by atoms with Crippen LogP contribution in [-0.2, 0) is 0 Å². The van der Waals surface area contributed by atoms with Gasteiger partial charge in [0.2, 0.25) is 0 Å². The fraction of sp³-hybridized carbons (Fsp3) is 0.263. The lowest BCUT2D eigenvalue weighted by Crippen LogP contribution is -2.20. The average molecular weight is 371 g/mol. The number of ether oxygens (including phenoxy) is 1. The minimum atomic E-state index is -0.563. The molecule has 1 atom stereocenters. The van der Waals surface area contributed by atoms with Crippen molar-refractivity contribution in [1.82, 2.24) is 19.9 Å². The molecule has 0 unspecified atom stereocenters. The predicted octanol–water partition coefficient (Wildman–Crippen LogP) is 3.33. The van der Waals surface area contributed by atoms with Gasteiger partial charge in [0.1, 0.15) is 24.0 Å². The van der Waals surface area contributed by atoms with E-state index in [1.165, 1.54) is 12.1 Å². The second kappa shape index (κ2) is 7.22. The van der Waals surface area contributed by atoms with Crippen molar-refractivity contribution in [2.45, 2.75) is 12.5 Å². The highest BCUT2D eigenvalue weighted by molar-refractivity contribution is 5.73. The molecule has 6 nitrogen and oxygen atoms in total. The number of aromatic nitrogens is 3. The number of alkyl halides is 1. The molecule has 8 heteroatoms. The van der Waals surface area contributed by atoms with Gasteiger partial charge in [-0.25, -0.2) is 13.9 Å². The molecule has 0 fully saturated rings. The summed E-state index contributed by atoms with van der Waals surface area (Å²) >= 11 is 0. The molecule has 2 N–H and O–H groups in total. The zero-order chi connectivity index (χ0) is 18.8.